The number of hydrogen-bond donors (Lipinski definition) is 2. The monoisotopic (exact) mass is 346 g/mol. The van der Waals surface area contributed by atoms with Crippen LogP contribution in [-0.4, -0.2) is 42.2 Å². The van der Waals surface area contributed by atoms with E-state index in [1.54, 1.807) is 29.2 Å². The summed E-state index contributed by atoms with van der Waals surface area (Å²) in [6.45, 7) is 4.76. The first-order valence-electron chi connectivity index (χ1n) is 5.76. The first-order valence-corrected chi connectivity index (χ1v) is 6.93. The van der Waals surface area contributed by atoms with Crippen LogP contribution in [0.15, 0.2) is 35.3 Å². The summed E-state index contributed by atoms with van der Waals surface area (Å²) >= 11 is 9.32. The zero-order valence-electron chi connectivity index (χ0n) is 10.4. The number of rotatable bonds is 7. The van der Waals surface area contributed by atoms with Gasteiger partial charge in [-0.3, -0.25) is 9.69 Å². The van der Waals surface area contributed by atoms with Crippen molar-refractivity contribution in [1.82, 2.24) is 4.90 Å². The van der Waals surface area contributed by atoms with E-state index in [4.69, 9.17) is 16.7 Å². The van der Waals surface area contributed by atoms with Crippen molar-refractivity contribution in [2.45, 2.75) is 0 Å². The second-order valence-electron chi connectivity index (χ2n) is 3.92. The van der Waals surface area contributed by atoms with Gasteiger partial charge >= 0.3 is 0 Å². The highest BCUT2D eigenvalue weighted by Crippen LogP contribution is 2.25. The molecule has 0 saturated heterocycles. The van der Waals surface area contributed by atoms with Gasteiger partial charge in [0, 0.05) is 17.6 Å². The van der Waals surface area contributed by atoms with E-state index in [0.717, 1.165) is 4.47 Å². The summed E-state index contributed by atoms with van der Waals surface area (Å²) in [6, 6.07) is 5.25. The van der Waals surface area contributed by atoms with Gasteiger partial charge in [0.2, 0.25) is 5.91 Å². The van der Waals surface area contributed by atoms with Gasteiger partial charge in [-0.05, 0) is 18.2 Å². The molecule has 0 atom stereocenters. The average molecular weight is 348 g/mol. The number of carbonyl (C=O) groups is 1. The van der Waals surface area contributed by atoms with Crippen LogP contribution >= 0.6 is 27.5 Å². The Morgan fingerprint density at radius 3 is 2.89 bits per heavy atom. The topological polar surface area (TPSA) is 52.6 Å². The molecule has 0 aromatic heterocycles. The first kappa shape index (κ1) is 16.2. The molecule has 0 radical (unpaired) electrons. The lowest BCUT2D eigenvalue weighted by Crippen LogP contribution is -2.35. The number of aliphatic hydroxyl groups is 1. The highest BCUT2D eigenvalue weighted by molar-refractivity contribution is 9.10. The molecule has 0 bridgehead atoms. The molecular formula is C13H16BrClN2O2. The van der Waals surface area contributed by atoms with Crippen molar-refractivity contribution in [2.75, 3.05) is 31.6 Å². The van der Waals surface area contributed by atoms with Gasteiger partial charge in [-0.2, -0.15) is 0 Å². The van der Waals surface area contributed by atoms with E-state index >= 15 is 0 Å². The summed E-state index contributed by atoms with van der Waals surface area (Å²) in [5.74, 6) is -0.181. The third-order valence-electron chi connectivity index (χ3n) is 2.38. The van der Waals surface area contributed by atoms with E-state index in [1.807, 2.05) is 0 Å². The fourth-order valence-corrected chi connectivity index (χ4v) is 2.26. The molecule has 1 amide bonds. The summed E-state index contributed by atoms with van der Waals surface area (Å²) in [5.41, 5.74) is 0.567. The molecule has 6 heteroatoms. The van der Waals surface area contributed by atoms with Gasteiger partial charge in [0.05, 0.1) is 23.9 Å². The van der Waals surface area contributed by atoms with Crippen molar-refractivity contribution in [3.05, 3.63) is 40.3 Å². The van der Waals surface area contributed by atoms with Crippen molar-refractivity contribution in [3.8, 4) is 0 Å². The number of amides is 1. The largest absolute Gasteiger partial charge is 0.395 e. The van der Waals surface area contributed by atoms with Crippen molar-refractivity contribution >= 4 is 39.1 Å². The maximum atomic E-state index is 11.9. The Labute approximate surface area is 126 Å². The second kappa shape index (κ2) is 8.32. The van der Waals surface area contributed by atoms with Gasteiger partial charge in [0.1, 0.15) is 0 Å². The van der Waals surface area contributed by atoms with Gasteiger partial charge in [-0.15, -0.1) is 6.58 Å². The number of benzene rings is 1. The molecule has 0 spiro atoms. The second-order valence-corrected chi connectivity index (χ2v) is 5.24. The SMILES string of the molecule is C=CCN(CCO)CC(=O)Nc1ccc(Br)cc1Cl. The predicted octanol–water partition coefficient (Wildman–Crippen LogP) is 2.52. The molecule has 19 heavy (non-hydrogen) atoms. The van der Waals surface area contributed by atoms with Crippen molar-refractivity contribution < 1.29 is 9.90 Å². The molecule has 1 rings (SSSR count). The lowest BCUT2D eigenvalue weighted by molar-refractivity contribution is -0.117. The third kappa shape index (κ3) is 5.74. The molecule has 104 valence electrons. The molecule has 1 aromatic carbocycles. The van der Waals surface area contributed by atoms with E-state index in [1.165, 1.54) is 0 Å². The Bertz CT molecular complexity index is 454. The smallest absolute Gasteiger partial charge is 0.238 e. The standard InChI is InChI=1S/C13H16BrClN2O2/c1-2-5-17(6-7-18)9-13(19)16-12-4-3-10(14)8-11(12)15/h2-4,8,18H,1,5-7,9H2,(H,16,19). The first-order chi connectivity index (χ1) is 9.06. The quantitative estimate of drug-likeness (QED) is 0.745. The number of anilines is 1. The molecule has 1 aromatic rings. The Hall–Kier alpha value is -0.880. The van der Waals surface area contributed by atoms with Crippen molar-refractivity contribution in [2.24, 2.45) is 0 Å². The van der Waals surface area contributed by atoms with Crippen molar-refractivity contribution in [3.63, 3.8) is 0 Å². The fourth-order valence-electron chi connectivity index (χ4n) is 1.54. The van der Waals surface area contributed by atoms with Crippen LogP contribution in [0.1, 0.15) is 0 Å². The molecule has 4 nitrogen and oxygen atoms in total. The van der Waals surface area contributed by atoms with E-state index in [-0.39, 0.29) is 19.1 Å². The highest BCUT2D eigenvalue weighted by Gasteiger charge is 2.10. The fraction of sp³-hybridized carbons (Fsp3) is 0.308. The maximum Gasteiger partial charge on any atom is 0.238 e. The molecule has 0 saturated carbocycles. The van der Waals surface area contributed by atoms with E-state index in [0.29, 0.717) is 23.8 Å². The number of aliphatic hydroxyl groups excluding tert-OH is 1. The Morgan fingerprint density at radius 2 is 2.32 bits per heavy atom. The lowest BCUT2D eigenvalue weighted by atomic mass is 10.3. The number of hydrogen-bond acceptors (Lipinski definition) is 3. The Morgan fingerprint density at radius 1 is 1.58 bits per heavy atom. The summed E-state index contributed by atoms with van der Waals surface area (Å²) in [7, 11) is 0. The van der Waals surface area contributed by atoms with E-state index in [2.05, 4.69) is 27.8 Å². The highest BCUT2D eigenvalue weighted by atomic mass is 79.9. The number of carbonyl (C=O) groups excluding carboxylic acids is 1. The number of nitrogens with zero attached hydrogens (tertiary/aromatic N) is 1. The van der Waals surface area contributed by atoms with Crippen LogP contribution in [0.25, 0.3) is 0 Å². The van der Waals surface area contributed by atoms with Crippen molar-refractivity contribution in [1.29, 1.82) is 0 Å². The van der Waals surface area contributed by atoms with Gasteiger partial charge < -0.3 is 10.4 Å². The summed E-state index contributed by atoms with van der Waals surface area (Å²) in [5, 5.41) is 12.1. The molecule has 0 fully saturated rings. The maximum absolute atomic E-state index is 11.9. The third-order valence-corrected chi connectivity index (χ3v) is 3.18. The zero-order valence-corrected chi connectivity index (χ0v) is 12.7. The minimum atomic E-state index is -0.181. The summed E-state index contributed by atoms with van der Waals surface area (Å²) in [6.07, 6.45) is 1.69. The lowest BCUT2D eigenvalue weighted by Gasteiger charge is -2.18. The Kier molecular flexibility index (Phi) is 7.09. The van der Waals surface area contributed by atoms with Crippen LogP contribution in [0.5, 0.6) is 0 Å². The number of halogens is 2. The van der Waals surface area contributed by atoms with Crippen LogP contribution in [-0.2, 0) is 4.79 Å². The van der Waals surface area contributed by atoms with Gasteiger partial charge in [0.15, 0.2) is 0 Å². The summed E-state index contributed by atoms with van der Waals surface area (Å²) < 4.78 is 0.851. The summed E-state index contributed by atoms with van der Waals surface area (Å²) in [4.78, 5) is 13.7. The van der Waals surface area contributed by atoms with Gasteiger partial charge in [-0.25, -0.2) is 0 Å². The molecule has 2 N–H and O–H groups in total. The molecule has 0 aliphatic carbocycles. The zero-order chi connectivity index (χ0) is 14.3. The Balaban J connectivity index is 2.60. The van der Waals surface area contributed by atoms with Crippen LogP contribution in [0.3, 0.4) is 0 Å². The van der Waals surface area contributed by atoms with Crippen LogP contribution in [0, 0.1) is 0 Å². The number of nitrogens with one attached hydrogen (secondary N) is 1. The molecular weight excluding hydrogens is 332 g/mol. The van der Waals surface area contributed by atoms with Gasteiger partial charge in [0.25, 0.3) is 0 Å². The average Bonchev–Trinajstić information content (AvgIpc) is 2.33. The normalized spacial score (nSPS) is 10.5. The van der Waals surface area contributed by atoms with Crippen LogP contribution in [0.2, 0.25) is 5.02 Å². The van der Waals surface area contributed by atoms with E-state index < -0.39 is 0 Å². The molecule has 0 heterocycles. The molecule has 0 aliphatic rings. The molecule has 0 aliphatic heterocycles. The van der Waals surface area contributed by atoms with Gasteiger partial charge in [-0.1, -0.05) is 33.6 Å². The van der Waals surface area contributed by atoms with E-state index in [9.17, 15) is 4.79 Å². The van der Waals surface area contributed by atoms with Crippen LogP contribution < -0.4 is 5.32 Å². The molecule has 0 unspecified atom stereocenters. The predicted molar refractivity (Wildman–Crippen MR) is 81.5 cm³/mol. The minimum Gasteiger partial charge on any atom is -0.395 e. The minimum absolute atomic E-state index is 0.000159. The van der Waals surface area contributed by atoms with Crippen LogP contribution in [0.4, 0.5) is 5.69 Å².